The van der Waals surface area contributed by atoms with Crippen LogP contribution in [0.25, 0.3) is 10.9 Å². The van der Waals surface area contributed by atoms with Gasteiger partial charge in [0.25, 0.3) is 0 Å². The van der Waals surface area contributed by atoms with Crippen LogP contribution in [0, 0.1) is 6.92 Å². The number of aryl methyl sites for hydroxylation is 1. The lowest BCUT2D eigenvalue weighted by molar-refractivity contribution is 0.415. The molecule has 0 amide bonds. The molecule has 124 valence electrons. The topological polar surface area (TPSA) is 83.5 Å². The van der Waals surface area contributed by atoms with Gasteiger partial charge in [-0.05, 0) is 43.3 Å². The van der Waals surface area contributed by atoms with Crippen LogP contribution in [0.5, 0.6) is 17.2 Å². The third kappa shape index (κ3) is 3.64. The Balaban J connectivity index is 1.93. The first kappa shape index (κ1) is 16.2. The summed E-state index contributed by atoms with van der Waals surface area (Å²) in [5.41, 5.74) is 2.08. The summed E-state index contributed by atoms with van der Waals surface area (Å²) in [7, 11) is 1.61. The molecule has 1 N–H and O–H groups in total. The second-order valence-electron chi connectivity index (χ2n) is 5.11. The summed E-state index contributed by atoms with van der Waals surface area (Å²) in [4.78, 5) is 4.49. The number of aromatic nitrogens is 1. The van der Waals surface area contributed by atoms with E-state index < -0.39 is 11.3 Å². The monoisotopic (exact) mass is 343 g/mol. The molecule has 0 spiro atoms. The number of hydrogen-bond donors (Lipinski definition) is 1. The van der Waals surface area contributed by atoms with Gasteiger partial charge < -0.3 is 18.7 Å². The van der Waals surface area contributed by atoms with Crippen molar-refractivity contribution >= 4 is 27.9 Å². The maximum atomic E-state index is 10.6. The minimum atomic E-state index is -2.35. The minimum Gasteiger partial charge on any atom is -0.755 e. The fraction of sp³-hybridized carbons (Fsp3) is 0.118. The van der Waals surface area contributed by atoms with Crippen molar-refractivity contribution in [2.45, 2.75) is 6.92 Å². The van der Waals surface area contributed by atoms with Crippen LogP contribution in [0.1, 0.15) is 5.69 Å². The van der Waals surface area contributed by atoms with Crippen molar-refractivity contribution in [1.29, 1.82) is 0 Å². The quantitative estimate of drug-likeness (QED) is 0.716. The maximum absolute atomic E-state index is 10.6. The first-order valence-electron chi connectivity index (χ1n) is 7.14. The lowest BCUT2D eigenvalue weighted by atomic mass is 10.1. The number of hydrogen-bond acceptors (Lipinski definition) is 5. The van der Waals surface area contributed by atoms with Crippen LogP contribution in [-0.4, -0.2) is 20.9 Å². The molecule has 7 heteroatoms. The van der Waals surface area contributed by atoms with Crippen molar-refractivity contribution in [2.75, 3.05) is 11.8 Å². The third-order valence-corrected chi connectivity index (χ3v) is 3.79. The Morgan fingerprint density at radius 3 is 2.46 bits per heavy atom. The van der Waals surface area contributed by atoms with Gasteiger partial charge in [0.05, 0.1) is 12.6 Å². The highest BCUT2D eigenvalue weighted by molar-refractivity contribution is 7.80. The highest BCUT2D eigenvalue weighted by Gasteiger charge is 2.08. The van der Waals surface area contributed by atoms with E-state index in [9.17, 15) is 8.76 Å². The molecule has 1 unspecified atom stereocenters. The zero-order valence-electron chi connectivity index (χ0n) is 13.1. The third-order valence-electron chi connectivity index (χ3n) is 3.39. The highest BCUT2D eigenvalue weighted by Crippen LogP contribution is 2.32. The molecular weight excluding hydrogens is 328 g/mol. The van der Waals surface area contributed by atoms with Crippen LogP contribution < -0.4 is 14.2 Å². The fourth-order valence-corrected chi connectivity index (χ4v) is 2.66. The predicted molar refractivity (Wildman–Crippen MR) is 92.1 cm³/mol. The van der Waals surface area contributed by atoms with Crippen molar-refractivity contribution in [3.8, 4) is 17.2 Å². The molecule has 1 atom stereocenters. The SMILES string of the molecule is COc1ccc2c(Oc3ccc(NS(=O)[O-])cc3)cc(C)nc2c1. The Morgan fingerprint density at radius 2 is 1.79 bits per heavy atom. The molecule has 3 aromatic rings. The number of pyridine rings is 1. The van der Waals surface area contributed by atoms with E-state index in [4.69, 9.17) is 9.47 Å². The molecule has 0 radical (unpaired) electrons. The predicted octanol–water partition coefficient (Wildman–Crippen LogP) is 3.55. The van der Waals surface area contributed by atoms with E-state index in [1.807, 2.05) is 31.2 Å². The van der Waals surface area contributed by atoms with Crippen molar-refractivity contribution in [3.63, 3.8) is 0 Å². The van der Waals surface area contributed by atoms with E-state index in [1.165, 1.54) is 0 Å². The van der Waals surface area contributed by atoms with Gasteiger partial charge in [0, 0.05) is 40.2 Å². The zero-order chi connectivity index (χ0) is 17.1. The van der Waals surface area contributed by atoms with E-state index in [2.05, 4.69) is 9.71 Å². The number of fused-ring (bicyclic) bond motifs is 1. The van der Waals surface area contributed by atoms with Gasteiger partial charge in [-0.3, -0.25) is 9.19 Å². The first-order valence-corrected chi connectivity index (χ1v) is 8.22. The molecule has 6 nitrogen and oxygen atoms in total. The molecule has 1 aromatic heterocycles. The van der Waals surface area contributed by atoms with Gasteiger partial charge in [0.1, 0.15) is 17.2 Å². The van der Waals surface area contributed by atoms with Crippen molar-refractivity contribution < 1.29 is 18.2 Å². The van der Waals surface area contributed by atoms with E-state index in [1.54, 1.807) is 31.4 Å². The Labute approximate surface area is 141 Å². The standard InChI is InChI=1S/C17H16N2O4S/c1-11-9-17(15-8-7-14(22-2)10-16(15)18-11)23-13-5-3-12(4-6-13)19-24(20)21/h3-10,19H,1-2H3,(H,20,21)/p-1. The molecule has 0 fully saturated rings. The normalized spacial score (nSPS) is 12.0. The van der Waals surface area contributed by atoms with Crippen LogP contribution in [0.3, 0.4) is 0 Å². The van der Waals surface area contributed by atoms with Crippen molar-refractivity contribution in [2.24, 2.45) is 0 Å². The molecule has 24 heavy (non-hydrogen) atoms. The first-order chi connectivity index (χ1) is 11.5. The van der Waals surface area contributed by atoms with Gasteiger partial charge in [-0.1, -0.05) is 0 Å². The minimum absolute atomic E-state index is 0.469. The van der Waals surface area contributed by atoms with Crippen LogP contribution >= 0.6 is 0 Å². The number of anilines is 1. The lowest BCUT2D eigenvalue weighted by Gasteiger charge is -2.12. The number of nitrogens with one attached hydrogen (secondary N) is 1. The van der Waals surface area contributed by atoms with Crippen molar-refractivity contribution in [1.82, 2.24) is 4.98 Å². The molecule has 0 aliphatic heterocycles. The maximum Gasteiger partial charge on any atom is 0.138 e. The molecule has 0 aliphatic rings. The molecule has 0 saturated carbocycles. The van der Waals surface area contributed by atoms with E-state index in [0.717, 1.165) is 22.3 Å². The van der Waals surface area contributed by atoms with Crippen LogP contribution in [0.2, 0.25) is 0 Å². The van der Waals surface area contributed by atoms with Crippen LogP contribution in [0.15, 0.2) is 48.5 Å². The second kappa shape index (κ2) is 6.86. The second-order valence-corrected chi connectivity index (χ2v) is 5.78. The average molecular weight is 343 g/mol. The molecule has 3 rings (SSSR count). The fourth-order valence-electron chi connectivity index (χ4n) is 2.33. The van der Waals surface area contributed by atoms with Gasteiger partial charge >= 0.3 is 0 Å². The summed E-state index contributed by atoms with van der Waals surface area (Å²) in [6.07, 6.45) is 0. The van der Waals surface area contributed by atoms with Crippen LogP contribution in [-0.2, 0) is 11.3 Å². The summed E-state index contributed by atoms with van der Waals surface area (Å²) in [6, 6.07) is 14.1. The molecule has 0 saturated heterocycles. The number of ether oxygens (including phenoxy) is 2. The summed E-state index contributed by atoms with van der Waals surface area (Å²) >= 11 is -2.35. The van der Waals surface area contributed by atoms with E-state index >= 15 is 0 Å². The zero-order valence-corrected chi connectivity index (χ0v) is 13.9. The summed E-state index contributed by atoms with van der Waals surface area (Å²) in [6.45, 7) is 1.89. The molecular formula is C17H15N2O4S-. The summed E-state index contributed by atoms with van der Waals surface area (Å²) in [5, 5.41) is 0.865. The summed E-state index contributed by atoms with van der Waals surface area (Å²) in [5.74, 6) is 2.00. The van der Waals surface area contributed by atoms with Crippen molar-refractivity contribution in [3.05, 3.63) is 54.2 Å². The summed E-state index contributed by atoms with van der Waals surface area (Å²) < 4.78 is 34.7. The smallest absolute Gasteiger partial charge is 0.138 e. The molecule has 0 bridgehead atoms. The van der Waals surface area contributed by atoms with Gasteiger partial charge in [-0.25, -0.2) is 0 Å². The Kier molecular flexibility index (Phi) is 4.64. The number of nitrogens with zero attached hydrogens (tertiary/aromatic N) is 1. The van der Waals surface area contributed by atoms with Gasteiger partial charge in [0.15, 0.2) is 0 Å². The number of methoxy groups -OCH3 is 1. The molecule has 2 aromatic carbocycles. The van der Waals surface area contributed by atoms with Crippen LogP contribution in [0.4, 0.5) is 5.69 Å². The number of rotatable bonds is 5. The Hall–Kier alpha value is -2.64. The molecule has 0 aliphatic carbocycles. The average Bonchev–Trinajstić information content (AvgIpc) is 2.55. The molecule has 1 heterocycles. The van der Waals surface area contributed by atoms with Gasteiger partial charge in [-0.15, -0.1) is 0 Å². The van der Waals surface area contributed by atoms with E-state index in [0.29, 0.717) is 17.2 Å². The Bertz CT molecular complexity index is 897. The van der Waals surface area contributed by atoms with Gasteiger partial charge in [0.2, 0.25) is 0 Å². The lowest BCUT2D eigenvalue weighted by Crippen LogP contribution is -2.01. The van der Waals surface area contributed by atoms with E-state index in [-0.39, 0.29) is 0 Å². The highest BCUT2D eigenvalue weighted by atomic mass is 32.2. The largest absolute Gasteiger partial charge is 0.755 e. The number of benzene rings is 2. The van der Waals surface area contributed by atoms with Gasteiger partial charge in [-0.2, -0.15) is 0 Å². The Morgan fingerprint density at radius 1 is 1.08 bits per heavy atom.